The van der Waals surface area contributed by atoms with Crippen LogP contribution in [-0.4, -0.2) is 62.3 Å². The van der Waals surface area contributed by atoms with Gasteiger partial charge in [-0.2, -0.15) is 0 Å². The van der Waals surface area contributed by atoms with Gasteiger partial charge in [0.25, 0.3) is 0 Å². The van der Waals surface area contributed by atoms with Gasteiger partial charge in [0.15, 0.2) is 0 Å². The molecule has 16 heavy (non-hydrogen) atoms. The molecule has 0 bridgehead atoms. The zero-order valence-corrected chi connectivity index (χ0v) is 10.8. The number of methoxy groups -OCH3 is 1. The first-order valence-corrected chi connectivity index (χ1v) is 6.75. The molecule has 2 aliphatic rings. The monoisotopic (exact) mass is 226 g/mol. The van der Waals surface area contributed by atoms with E-state index in [4.69, 9.17) is 4.74 Å². The molecule has 2 fully saturated rings. The molecule has 0 spiro atoms. The SMILES string of the molecule is COC1CCN(CCN2CCC[C@@H](C)C2)C1. The van der Waals surface area contributed by atoms with Crippen molar-refractivity contribution in [2.75, 3.05) is 46.4 Å². The van der Waals surface area contributed by atoms with Crippen LogP contribution in [0.2, 0.25) is 0 Å². The molecule has 0 radical (unpaired) electrons. The van der Waals surface area contributed by atoms with Gasteiger partial charge in [-0.25, -0.2) is 0 Å². The first-order chi connectivity index (χ1) is 7.78. The van der Waals surface area contributed by atoms with Crippen LogP contribution in [0.4, 0.5) is 0 Å². The van der Waals surface area contributed by atoms with Crippen molar-refractivity contribution in [1.29, 1.82) is 0 Å². The summed E-state index contributed by atoms with van der Waals surface area (Å²) in [6.07, 6.45) is 4.51. The minimum absolute atomic E-state index is 0.486. The first kappa shape index (κ1) is 12.3. The summed E-state index contributed by atoms with van der Waals surface area (Å²) in [7, 11) is 1.83. The smallest absolute Gasteiger partial charge is 0.0710 e. The summed E-state index contributed by atoms with van der Waals surface area (Å²) in [4.78, 5) is 5.18. The second-order valence-corrected chi connectivity index (χ2v) is 5.50. The van der Waals surface area contributed by atoms with E-state index < -0.39 is 0 Å². The lowest BCUT2D eigenvalue weighted by atomic mass is 10.0. The number of nitrogens with zero attached hydrogens (tertiary/aromatic N) is 2. The van der Waals surface area contributed by atoms with Crippen molar-refractivity contribution in [2.24, 2.45) is 5.92 Å². The third kappa shape index (κ3) is 3.44. The van der Waals surface area contributed by atoms with E-state index >= 15 is 0 Å². The lowest BCUT2D eigenvalue weighted by Crippen LogP contribution is -2.39. The zero-order chi connectivity index (χ0) is 11.4. The van der Waals surface area contributed by atoms with Gasteiger partial charge in [-0.1, -0.05) is 6.92 Å². The zero-order valence-electron chi connectivity index (χ0n) is 10.8. The van der Waals surface area contributed by atoms with Crippen LogP contribution in [0.15, 0.2) is 0 Å². The summed E-state index contributed by atoms with van der Waals surface area (Å²) in [5.74, 6) is 0.902. The maximum absolute atomic E-state index is 5.39. The molecule has 0 N–H and O–H groups in total. The Morgan fingerprint density at radius 3 is 2.44 bits per heavy atom. The number of ether oxygens (including phenoxy) is 1. The largest absolute Gasteiger partial charge is 0.380 e. The summed E-state index contributed by atoms with van der Waals surface area (Å²) in [6.45, 7) is 9.84. The topological polar surface area (TPSA) is 15.7 Å². The fourth-order valence-corrected chi connectivity index (χ4v) is 2.97. The average Bonchev–Trinajstić information content (AvgIpc) is 2.74. The fourth-order valence-electron chi connectivity index (χ4n) is 2.97. The van der Waals surface area contributed by atoms with Gasteiger partial charge < -0.3 is 9.64 Å². The van der Waals surface area contributed by atoms with E-state index in [0.717, 1.165) is 12.5 Å². The van der Waals surface area contributed by atoms with Crippen LogP contribution >= 0.6 is 0 Å². The first-order valence-electron chi connectivity index (χ1n) is 6.75. The van der Waals surface area contributed by atoms with Crippen LogP contribution in [0.3, 0.4) is 0 Å². The van der Waals surface area contributed by atoms with Crippen LogP contribution in [0, 0.1) is 5.92 Å². The van der Waals surface area contributed by atoms with Crippen LogP contribution < -0.4 is 0 Å². The van der Waals surface area contributed by atoms with Gasteiger partial charge in [0, 0.05) is 39.8 Å². The molecule has 2 aliphatic heterocycles. The highest BCUT2D eigenvalue weighted by molar-refractivity contribution is 4.77. The Morgan fingerprint density at radius 1 is 1.06 bits per heavy atom. The molecule has 2 saturated heterocycles. The normalized spacial score (nSPS) is 33.4. The molecule has 0 aromatic carbocycles. The lowest BCUT2D eigenvalue weighted by Gasteiger charge is -2.32. The molecule has 0 amide bonds. The summed E-state index contributed by atoms with van der Waals surface area (Å²) in [6, 6.07) is 0. The second kappa shape index (κ2) is 5.99. The molecule has 3 nitrogen and oxygen atoms in total. The molecular weight excluding hydrogens is 200 g/mol. The highest BCUT2D eigenvalue weighted by Crippen LogP contribution is 2.16. The van der Waals surface area contributed by atoms with E-state index in [1.165, 1.54) is 52.0 Å². The molecule has 0 saturated carbocycles. The van der Waals surface area contributed by atoms with Crippen molar-refractivity contribution < 1.29 is 4.74 Å². The van der Waals surface area contributed by atoms with Crippen LogP contribution in [-0.2, 0) is 4.74 Å². The maximum atomic E-state index is 5.39. The van der Waals surface area contributed by atoms with Crippen LogP contribution in [0.5, 0.6) is 0 Å². The number of hydrogen-bond acceptors (Lipinski definition) is 3. The number of hydrogen-bond donors (Lipinski definition) is 0. The number of piperidine rings is 1. The van der Waals surface area contributed by atoms with E-state index in [9.17, 15) is 0 Å². The lowest BCUT2D eigenvalue weighted by molar-refractivity contribution is 0.104. The molecule has 2 heterocycles. The highest BCUT2D eigenvalue weighted by atomic mass is 16.5. The molecule has 0 aromatic rings. The summed E-state index contributed by atoms with van der Waals surface area (Å²) >= 11 is 0. The molecule has 0 aromatic heterocycles. The molecule has 0 aliphatic carbocycles. The third-order valence-electron chi connectivity index (χ3n) is 4.04. The van der Waals surface area contributed by atoms with Gasteiger partial charge in [-0.05, 0) is 31.7 Å². The number of likely N-dealkylation sites (tertiary alicyclic amines) is 2. The molecule has 94 valence electrons. The van der Waals surface area contributed by atoms with E-state index in [0.29, 0.717) is 6.10 Å². The van der Waals surface area contributed by atoms with Gasteiger partial charge >= 0.3 is 0 Å². The predicted octanol–water partition coefficient (Wildman–Crippen LogP) is 1.44. The number of rotatable bonds is 4. The standard InChI is InChI=1S/C13H26N2O/c1-12-4-3-6-14(10-12)8-9-15-7-5-13(11-15)16-2/h12-13H,3-11H2,1-2H3/t12-,13?/m1/s1. The molecule has 2 atom stereocenters. The Kier molecular flexibility index (Phi) is 4.62. The predicted molar refractivity (Wildman–Crippen MR) is 66.7 cm³/mol. The van der Waals surface area contributed by atoms with Crippen molar-refractivity contribution in [1.82, 2.24) is 9.80 Å². The molecule has 2 rings (SSSR count). The molecule has 1 unspecified atom stereocenters. The Morgan fingerprint density at radius 2 is 1.81 bits per heavy atom. The Balaban J connectivity index is 1.64. The van der Waals surface area contributed by atoms with Crippen molar-refractivity contribution in [3.63, 3.8) is 0 Å². The Hall–Kier alpha value is -0.120. The van der Waals surface area contributed by atoms with Crippen molar-refractivity contribution >= 4 is 0 Å². The van der Waals surface area contributed by atoms with Gasteiger partial charge in [-0.3, -0.25) is 4.90 Å². The fraction of sp³-hybridized carbons (Fsp3) is 1.00. The van der Waals surface area contributed by atoms with Crippen molar-refractivity contribution in [3.8, 4) is 0 Å². The van der Waals surface area contributed by atoms with Gasteiger partial charge in [0.05, 0.1) is 6.10 Å². The van der Waals surface area contributed by atoms with Crippen LogP contribution in [0.25, 0.3) is 0 Å². The van der Waals surface area contributed by atoms with Gasteiger partial charge in [0.2, 0.25) is 0 Å². The average molecular weight is 226 g/mol. The highest BCUT2D eigenvalue weighted by Gasteiger charge is 2.23. The van der Waals surface area contributed by atoms with E-state index in [1.54, 1.807) is 0 Å². The second-order valence-electron chi connectivity index (χ2n) is 5.50. The van der Waals surface area contributed by atoms with E-state index in [1.807, 2.05) is 7.11 Å². The van der Waals surface area contributed by atoms with E-state index in [2.05, 4.69) is 16.7 Å². The quantitative estimate of drug-likeness (QED) is 0.721. The summed E-state index contributed by atoms with van der Waals surface area (Å²) in [5, 5.41) is 0. The van der Waals surface area contributed by atoms with E-state index in [-0.39, 0.29) is 0 Å². The van der Waals surface area contributed by atoms with Gasteiger partial charge in [-0.15, -0.1) is 0 Å². The molecular formula is C13H26N2O. The minimum Gasteiger partial charge on any atom is -0.380 e. The van der Waals surface area contributed by atoms with Crippen LogP contribution in [0.1, 0.15) is 26.2 Å². The van der Waals surface area contributed by atoms with Crippen molar-refractivity contribution in [3.05, 3.63) is 0 Å². The minimum atomic E-state index is 0.486. The van der Waals surface area contributed by atoms with Gasteiger partial charge in [0.1, 0.15) is 0 Å². The maximum Gasteiger partial charge on any atom is 0.0710 e. The summed E-state index contributed by atoms with van der Waals surface area (Å²) < 4.78 is 5.39. The van der Waals surface area contributed by atoms with Crippen molar-refractivity contribution in [2.45, 2.75) is 32.3 Å². The Labute approximate surface area is 99.7 Å². The Bertz CT molecular complexity index is 210. The summed E-state index contributed by atoms with van der Waals surface area (Å²) in [5.41, 5.74) is 0. The third-order valence-corrected chi connectivity index (χ3v) is 4.04. The molecule has 3 heteroatoms.